The van der Waals surface area contributed by atoms with Crippen LogP contribution in [0.3, 0.4) is 0 Å². The van der Waals surface area contributed by atoms with E-state index in [4.69, 9.17) is 27.8 Å². The first-order valence-corrected chi connectivity index (χ1v) is 8.13. The van der Waals surface area contributed by atoms with Crippen molar-refractivity contribution in [2.45, 2.75) is 4.90 Å². The Balaban J connectivity index is 0.00000192. The molecule has 0 radical (unpaired) electrons. The van der Waals surface area contributed by atoms with Crippen molar-refractivity contribution in [3.63, 3.8) is 0 Å². The third kappa shape index (κ3) is 4.25. The van der Waals surface area contributed by atoms with E-state index in [0.29, 0.717) is 15.1 Å². The molecule has 1 unspecified atom stereocenters. The molecule has 8 heteroatoms. The summed E-state index contributed by atoms with van der Waals surface area (Å²) in [5, 5.41) is 5.27. The van der Waals surface area contributed by atoms with E-state index < -0.39 is 11.1 Å². The van der Waals surface area contributed by atoms with Crippen LogP contribution in [0.5, 0.6) is 0 Å². The molecule has 0 saturated heterocycles. The van der Waals surface area contributed by atoms with Gasteiger partial charge < -0.3 is 4.55 Å². The van der Waals surface area contributed by atoms with Gasteiger partial charge in [-0.25, -0.2) is 8.89 Å². The Morgan fingerprint density at radius 2 is 1.61 bits per heavy atom. The van der Waals surface area contributed by atoms with E-state index in [1.807, 2.05) is 12.1 Å². The van der Waals surface area contributed by atoms with Crippen LogP contribution in [0.2, 0.25) is 10.2 Å². The van der Waals surface area contributed by atoms with Crippen LogP contribution < -0.4 is 0 Å². The molecule has 2 aromatic carbocycles. The van der Waals surface area contributed by atoms with E-state index in [1.165, 1.54) is 0 Å². The molecule has 0 aliphatic carbocycles. The normalized spacial score (nSPS) is 11.8. The number of hydrogen-bond acceptors (Lipinski definition) is 2. The van der Waals surface area contributed by atoms with Crippen molar-refractivity contribution >= 4 is 63.8 Å². The molecule has 1 N–H and O–H groups in total. The van der Waals surface area contributed by atoms with Gasteiger partial charge in [0.2, 0.25) is 0 Å². The maximum absolute atomic E-state index is 11.0. The summed E-state index contributed by atoms with van der Waals surface area (Å²) in [4.78, 5) is 0.340. The molecule has 0 amide bonds. The van der Waals surface area contributed by atoms with Crippen LogP contribution in [0.25, 0.3) is 16.9 Å². The van der Waals surface area contributed by atoms with Crippen LogP contribution in [0.15, 0.2) is 59.5 Å². The third-order valence-corrected chi connectivity index (χ3v) is 4.21. The second-order valence-electron chi connectivity index (χ2n) is 4.51. The first kappa shape index (κ1) is 18.7. The monoisotopic (exact) mass is 376 g/mol. The number of aromatic nitrogens is 2. The quantitative estimate of drug-likeness (QED) is 0.558. The number of rotatable bonds is 3. The van der Waals surface area contributed by atoms with E-state index in [0.717, 1.165) is 16.9 Å². The van der Waals surface area contributed by atoms with Crippen molar-refractivity contribution in [3.8, 4) is 16.9 Å². The van der Waals surface area contributed by atoms with Crippen LogP contribution in [-0.2, 0) is 11.1 Å². The summed E-state index contributed by atoms with van der Waals surface area (Å²) in [7, 11) is 0. The van der Waals surface area contributed by atoms with Gasteiger partial charge in [0.05, 0.1) is 16.3 Å². The Morgan fingerprint density at radius 1 is 1.00 bits per heavy atom. The summed E-state index contributed by atoms with van der Waals surface area (Å²) in [5.74, 6) is 0. The molecule has 114 valence electrons. The average molecular weight is 377 g/mol. The summed E-state index contributed by atoms with van der Waals surface area (Å²) in [6, 6.07) is 15.7. The van der Waals surface area contributed by atoms with Crippen LogP contribution in [0, 0.1) is 0 Å². The Labute approximate surface area is 168 Å². The third-order valence-electron chi connectivity index (χ3n) is 3.10. The molecule has 1 atom stereocenters. The average Bonchev–Trinajstić information content (AvgIpc) is 2.90. The van der Waals surface area contributed by atoms with Gasteiger partial charge in [-0.15, -0.1) is 0 Å². The number of hydrogen-bond donors (Lipinski definition) is 1. The summed E-state index contributed by atoms with van der Waals surface area (Å²) in [5.41, 5.74) is 2.44. The molecular weight excluding hydrogens is 366 g/mol. The molecular formula is C15H11Cl2N2NaO2S. The summed E-state index contributed by atoms with van der Waals surface area (Å²) < 4.78 is 21.8. The van der Waals surface area contributed by atoms with Gasteiger partial charge in [0, 0.05) is 16.7 Å². The van der Waals surface area contributed by atoms with E-state index >= 15 is 0 Å². The van der Waals surface area contributed by atoms with E-state index in [9.17, 15) is 4.21 Å². The second kappa shape index (κ2) is 7.94. The van der Waals surface area contributed by atoms with Crippen LogP contribution >= 0.6 is 23.2 Å². The number of nitrogens with zero attached hydrogens (tertiary/aromatic N) is 2. The minimum absolute atomic E-state index is 0. The molecule has 3 aromatic rings. The molecule has 0 aliphatic rings. The molecule has 23 heavy (non-hydrogen) atoms. The van der Waals surface area contributed by atoms with Crippen LogP contribution in [0.4, 0.5) is 0 Å². The predicted octanol–water partition coefficient (Wildman–Crippen LogP) is 3.78. The fourth-order valence-electron chi connectivity index (χ4n) is 2.08. The van der Waals surface area contributed by atoms with Gasteiger partial charge in [0.1, 0.15) is 0 Å². The van der Waals surface area contributed by atoms with Crippen molar-refractivity contribution in [1.82, 2.24) is 9.78 Å². The van der Waals surface area contributed by atoms with E-state index in [-0.39, 0.29) is 29.6 Å². The summed E-state index contributed by atoms with van der Waals surface area (Å²) in [6.45, 7) is 0. The van der Waals surface area contributed by atoms with Crippen molar-refractivity contribution in [1.29, 1.82) is 0 Å². The van der Waals surface area contributed by atoms with Gasteiger partial charge in [-0.2, -0.15) is 5.10 Å². The molecule has 0 saturated carbocycles. The Morgan fingerprint density at radius 3 is 2.17 bits per heavy atom. The van der Waals surface area contributed by atoms with E-state index in [1.54, 1.807) is 47.1 Å². The molecule has 4 nitrogen and oxygen atoms in total. The van der Waals surface area contributed by atoms with Crippen LogP contribution in [-0.4, -0.2) is 48.1 Å². The first-order valence-electron chi connectivity index (χ1n) is 6.27. The van der Waals surface area contributed by atoms with Crippen LogP contribution in [0.1, 0.15) is 0 Å². The fourth-order valence-corrected chi connectivity index (χ4v) is 2.75. The zero-order chi connectivity index (χ0) is 15.7. The summed E-state index contributed by atoms with van der Waals surface area (Å²) >= 11 is 9.94. The zero-order valence-corrected chi connectivity index (χ0v) is 13.4. The summed E-state index contributed by atoms with van der Waals surface area (Å²) in [6.07, 6.45) is 0. The van der Waals surface area contributed by atoms with Gasteiger partial charge in [-0.05, 0) is 36.4 Å². The molecule has 1 heterocycles. The Kier molecular flexibility index (Phi) is 6.45. The van der Waals surface area contributed by atoms with Gasteiger partial charge in [0.25, 0.3) is 0 Å². The molecule has 0 aliphatic heterocycles. The number of halogens is 2. The van der Waals surface area contributed by atoms with Crippen molar-refractivity contribution < 1.29 is 8.76 Å². The van der Waals surface area contributed by atoms with Gasteiger partial charge >= 0.3 is 29.6 Å². The van der Waals surface area contributed by atoms with Gasteiger partial charge in [-0.3, -0.25) is 0 Å². The van der Waals surface area contributed by atoms with Crippen molar-refractivity contribution in [3.05, 3.63) is 64.8 Å². The second-order valence-corrected chi connectivity index (χ2v) is 6.31. The molecule has 0 spiro atoms. The van der Waals surface area contributed by atoms with E-state index in [2.05, 4.69) is 5.10 Å². The molecule has 0 bridgehead atoms. The minimum atomic E-state index is -2.00. The van der Waals surface area contributed by atoms with Crippen molar-refractivity contribution in [2.75, 3.05) is 0 Å². The SMILES string of the molecule is O=S(O)c1ccc(-c2cc(Cl)nn2-c2ccc(Cl)cc2)cc1.[NaH]. The van der Waals surface area contributed by atoms with Gasteiger partial charge in [0.15, 0.2) is 16.2 Å². The standard InChI is InChI=1S/C15H10Cl2N2O2S.Na.H/c16-11-3-5-12(6-4-11)19-14(9-15(17)18-19)10-1-7-13(8-2-10)22(20)21;;/h1-9H,(H,20,21);;. The first-order chi connectivity index (χ1) is 10.5. The molecule has 0 fully saturated rings. The maximum atomic E-state index is 11.0. The molecule has 1 aromatic heterocycles. The number of benzene rings is 2. The topological polar surface area (TPSA) is 55.1 Å². The zero-order valence-electron chi connectivity index (χ0n) is 11.1. The molecule has 3 rings (SSSR count). The Bertz CT molecular complexity index is 836. The van der Waals surface area contributed by atoms with Crippen molar-refractivity contribution in [2.24, 2.45) is 0 Å². The predicted molar refractivity (Wildman–Crippen MR) is 95.2 cm³/mol. The fraction of sp³-hybridized carbons (Fsp3) is 0. The Hall–Kier alpha value is -0.660. The van der Waals surface area contributed by atoms with Gasteiger partial charge in [-0.1, -0.05) is 35.3 Å².